The van der Waals surface area contributed by atoms with Crippen molar-refractivity contribution in [1.82, 2.24) is 5.32 Å². The maximum absolute atomic E-state index is 12.6. The molecule has 0 fully saturated rings. The Hall–Kier alpha value is -1.49. The van der Waals surface area contributed by atoms with Crippen LogP contribution in [0.4, 0.5) is 13.2 Å². The summed E-state index contributed by atoms with van der Waals surface area (Å²) >= 11 is 0. The molecule has 1 heterocycles. The number of furan rings is 1. The summed E-state index contributed by atoms with van der Waals surface area (Å²) in [5.41, 5.74) is 1.21. The van der Waals surface area contributed by atoms with Gasteiger partial charge in [-0.15, -0.1) is 0 Å². The van der Waals surface area contributed by atoms with Crippen LogP contribution in [0.2, 0.25) is 0 Å². The van der Waals surface area contributed by atoms with Gasteiger partial charge in [-0.1, -0.05) is 12.1 Å². The van der Waals surface area contributed by atoms with Crippen LogP contribution in [0.25, 0.3) is 11.0 Å². The third kappa shape index (κ3) is 2.61. The van der Waals surface area contributed by atoms with Crippen LogP contribution in [-0.4, -0.2) is 19.3 Å². The van der Waals surface area contributed by atoms with Gasteiger partial charge in [-0.05, 0) is 31.2 Å². The largest absolute Gasteiger partial charge is 0.464 e. The van der Waals surface area contributed by atoms with Crippen LogP contribution in [0.1, 0.15) is 5.56 Å². The lowest BCUT2D eigenvalue weighted by Crippen LogP contribution is -2.41. The number of alkyl halides is 3. The SMILES string of the molecule is CNC(Cc1ccc2ccoc2c1)C(F)(F)F. The number of fused-ring (bicyclic) bond motifs is 1. The van der Waals surface area contributed by atoms with E-state index < -0.39 is 12.2 Å². The van der Waals surface area contributed by atoms with Gasteiger partial charge in [0.25, 0.3) is 0 Å². The quantitative estimate of drug-likeness (QED) is 0.895. The lowest BCUT2D eigenvalue weighted by Gasteiger charge is -2.19. The van der Waals surface area contributed by atoms with Crippen LogP contribution >= 0.6 is 0 Å². The van der Waals surface area contributed by atoms with Gasteiger partial charge in [0.05, 0.1) is 6.26 Å². The fraction of sp³-hybridized carbons (Fsp3) is 0.333. The van der Waals surface area contributed by atoms with Gasteiger partial charge in [0.15, 0.2) is 0 Å². The molecular formula is C12H12F3NO. The standard InChI is InChI=1S/C12H12F3NO/c1-16-11(12(13,14)15)7-8-2-3-9-4-5-17-10(9)6-8/h2-6,11,16H,7H2,1H3. The zero-order valence-electron chi connectivity index (χ0n) is 9.21. The number of halogens is 3. The second-order valence-electron chi connectivity index (χ2n) is 3.88. The predicted octanol–water partition coefficient (Wildman–Crippen LogP) is 3.13. The van der Waals surface area contributed by atoms with Crippen molar-refractivity contribution in [3.05, 3.63) is 36.1 Å². The molecule has 0 radical (unpaired) electrons. The highest BCUT2D eigenvalue weighted by Crippen LogP contribution is 2.24. The molecular weight excluding hydrogens is 231 g/mol. The van der Waals surface area contributed by atoms with Crippen LogP contribution in [-0.2, 0) is 6.42 Å². The number of hydrogen-bond donors (Lipinski definition) is 1. The Morgan fingerprint density at radius 3 is 2.71 bits per heavy atom. The molecule has 0 saturated heterocycles. The molecule has 0 aliphatic heterocycles. The van der Waals surface area contributed by atoms with E-state index in [2.05, 4.69) is 5.32 Å². The number of likely N-dealkylation sites (N-methyl/N-ethyl adjacent to an activating group) is 1. The minimum atomic E-state index is -4.24. The molecule has 0 bridgehead atoms. The Morgan fingerprint density at radius 1 is 1.29 bits per heavy atom. The van der Waals surface area contributed by atoms with E-state index in [4.69, 9.17) is 4.42 Å². The molecule has 0 aliphatic carbocycles. The normalized spacial score (nSPS) is 14.1. The molecule has 92 valence electrons. The number of rotatable bonds is 3. The summed E-state index contributed by atoms with van der Waals surface area (Å²) in [5, 5.41) is 3.17. The molecule has 1 aromatic heterocycles. The highest BCUT2D eigenvalue weighted by molar-refractivity contribution is 5.77. The Kier molecular flexibility index (Phi) is 3.11. The summed E-state index contributed by atoms with van der Waals surface area (Å²) < 4.78 is 42.9. The van der Waals surface area contributed by atoms with Gasteiger partial charge < -0.3 is 9.73 Å². The number of hydrogen-bond acceptors (Lipinski definition) is 2. The van der Waals surface area contributed by atoms with Gasteiger partial charge in [-0.2, -0.15) is 13.2 Å². The van der Waals surface area contributed by atoms with Gasteiger partial charge in [0.2, 0.25) is 0 Å². The van der Waals surface area contributed by atoms with Crippen molar-refractivity contribution in [2.24, 2.45) is 0 Å². The third-order valence-electron chi connectivity index (χ3n) is 2.70. The van der Waals surface area contributed by atoms with Crippen LogP contribution in [0, 0.1) is 0 Å². The van der Waals surface area contributed by atoms with E-state index in [0.717, 1.165) is 5.39 Å². The highest BCUT2D eigenvalue weighted by atomic mass is 19.4. The number of nitrogens with one attached hydrogen (secondary N) is 1. The molecule has 0 saturated carbocycles. The van der Waals surface area contributed by atoms with E-state index in [0.29, 0.717) is 11.1 Å². The van der Waals surface area contributed by atoms with Gasteiger partial charge in [-0.3, -0.25) is 0 Å². The zero-order valence-corrected chi connectivity index (χ0v) is 9.21. The first kappa shape index (κ1) is 12.0. The predicted molar refractivity (Wildman–Crippen MR) is 58.8 cm³/mol. The van der Waals surface area contributed by atoms with Crippen LogP contribution in [0.15, 0.2) is 34.9 Å². The maximum Gasteiger partial charge on any atom is 0.404 e. The molecule has 1 N–H and O–H groups in total. The van der Waals surface area contributed by atoms with Crippen molar-refractivity contribution in [3.63, 3.8) is 0 Å². The molecule has 1 atom stereocenters. The average molecular weight is 243 g/mol. The molecule has 0 spiro atoms. The zero-order chi connectivity index (χ0) is 12.5. The van der Waals surface area contributed by atoms with E-state index in [1.807, 2.05) is 0 Å². The topological polar surface area (TPSA) is 25.2 Å². The molecule has 0 amide bonds. The highest BCUT2D eigenvalue weighted by Gasteiger charge is 2.38. The molecule has 1 aromatic carbocycles. The second kappa shape index (κ2) is 4.41. The fourth-order valence-corrected chi connectivity index (χ4v) is 1.74. The lowest BCUT2D eigenvalue weighted by atomic mass is 10.0. The summed E-state index contributed by atoms with van der Waals surface area (Å²) in [7, 11) is 1.31. The summed E-state index contributed by atoms with van der Waals surface area (Å²) in [6.07, 6.45) is -2.82. The smallest absolute Gasteiger partial charge is 0.404 e. The molecule has 2 aromatic rings. The van der Waals surface area contributed by atoms with E-state index in [1.54, 1.807) is 24.3 Å². The van der Waals surface area contributed by atoms with Gasteiger partial charge >= 0.3 is 6.18 Å². The Balaban J connectivity index is 2.22. The van der Waals surface area contributed by atoms with Crippen molar-refractivity contribution in [2.75, 3.05) is 7.05 Å². The van der Waals surface area contributed by atoms with Crippen molar-refractivity contribution in [1.29, 1.82) is 0 Å². The second-order valence-corrected chi connectivity index (χ2v) is 3.88. The van der Waals surface area contributed by atoms with E-state index in [-0.39, 0.29) is 6.42 Å². The monoisotopic (exact) mass is 243 g/mol. The Morgan fingerprint density at radius 2 is 2.06 bits per heavy atom. The van der Waals surface area contributed by atoms with Gasteiger partial charge in [-0.25, -0.2) is 0 Å². The van der Waals surface area contributed by atoms with Gasteiger partial charge in [0, 0.05) is 5.39 Å². The maximum atomic E-state index is 12.6. The summed E-state index contributed by atoms with van der Waals surface area (Å²) in [5.74, 6) is 0. The van der Waals surface area contributed by atoms with Crippen LogP contribution in [0.5, 0.6) is 0 Å². The summed E-state index contributed by atoms with van der Waals surface area (Å²) in [6, 6.07) is 5.34. The summed E-state index contributed by atoms with van der Waals surface area (Å²) in [4.78, 5) is 0. The minimum Gasteiger partial charge on any atom is -0.464 e. The summed E-state index contributed by atoms with van der Waals surface area (Å²) in [6.45, 7) is 0. The van der Waals surface area contributed by atoms with E-state index in [9.17, 15) is 13.2 Å². The van der Waals surface area contributed by atoms with Crippen molar-refractivity contribution in [3.8, 4) is 0 Å². The molecule has 2 rings (SSSR count). The molecule has 0 aliphatic rings. The molecule has 2 nitrogen and oxygen atoms in total. The number of benzene rings is 1. The van der Waals surface area contributed by atoms with E-state index in [1.165, 1.54) is 13.3 Å². The minimum absolute atomic E-state index is 0.101. The first-order chi connectivity index (χ1) is 8.00. The van der Waals surface area contributed by atoms with Crippen molar-refractivity contribution < 1.29 is 17.6 Å². The Bertz CT molecular complexity index is 504. The first-order valence-electron chi connectivity index (χ1n) is 5.21. The van der Waals surface area contributed by atoms with Crippen molar-refractivity contribution >= 4 is 11.0 Å². The first-order valence-corrected chi connectivity index (χ1v) is 5.21. The molecule has 1 unspecified atom stereocenters. The Labute approximate surface area is 96.4 Å². The third-order valence-corrected chi connectivity index (χ3v) is 2.70. The average Bonchev–Trinajstić information content (AvgIpc) is 2.71. The fourth-order valence-electron chi connectivity index (χ4n) is 1.74. The van der Waals surface area contributed by atoms with Crippen LogP contribution in [0.3, 0.4) is 0 Å². The molecule has 5 heteroatoms. The van der Waals surface area contributed by atoms with Crippen LogP contribution < -0.4 is 5.32 Å². The van der Waals surface area contributed by atoms with Crippen molar-refractivity contribution in [2.45, 2.75) is 18.6 Å². The van der Waals surface area contributed by atoms with E-state index >= 15 is 0 Å². The van der Waals surface area contributed by atoms with Gasteiger partial charge in [0.1, 0.15) is 11.6 Å². The lowest BCUT2D eigenvalue weighted by molar-refractivity contribution is -0.154. The molecule has 17 heavy (non-hydrogen) atoms.